The number of hydrogen-bond acceptors (Lipinski definition) is 11. The normalized spacial score (nSPS) is 12.1. The van der Waals surface area contributed by atoms with Crippen molar-refractivity contribution in [1.82, 2.24) is 9.78 Å². The van der Waals surface area contributed by atoms with Crippen molar-refractivity contribution in [2.45, 2.75) is 51.3 Å². The van der Waals surface area contributed by atoms with E-state index < -0.39 is 48.1 Å². The molecular formula is C34H36Cl2N8O8S2. The van der Waals surface area contributed by atoms with Gasteiger partial charge in [0.05, 0.1) is 43.4 Å². The van der Waals surface area contributed by atoms with Crippen molar-refractivity contribution >= 4 is 83.8 Å². The van der Waals surface area contributed by atoms with Crippen molar-refractivity contribution in [3.05, 3.63) is 81.5 Å². The van der Waals surface area contributed by atoms with E-state index in [1.807, 2.05) is 27.7 Å². The fraction of sp³-hybridized carbons (Fsp3) is 0.294. The molecule has 4 N–H and O–H groups in total. The minimum absolute atomic E-state index is 0.0162. The molecule has 0 spiro atoms. The van der Waals surface area contributed by atoms with Crippen LogP contribution < -0.4 is 15.5 Å². The molecule has 54 heavy (non-hydrogen) atoms. The number of amides is 2. The van der Waals surface area contributed by atoms with Crippen molar-refractivity contribution in [2.75, 3.05) is 34.4 Å². The number of hydrogen-bond donors (Lipinski definition) is 4. The van der Waals surface area contributed by atoms with Gasteiger partial charge in [-0.05, 0) is 61.9 Å². The van der Waals surface area contributed by atoms with Crippen molar-refractivity contribution in [1.29, 1.82) is 5.26 Å². The summed E-state index contributed by atoms with van der Waals surface area (Å²) in [5, 5.41) is 29.3. The van der Waals surface area contributed by atoms with E-state index >= 15 is 0 Å². The Bertz CT molecular complexity index is 2400. The molecule has 0 fully saturated rings. The molecule has 1 heterocycles. The summed E-state index contributed by atoms with van der Waals surface area (Å²) in [4.78, 5) is 26.5. The lowest BCUT2D eigenvalue weighted by atomic mass is 9.90. The Morgan fingerprint density at radius 3 is 2.28 bits per heavy atom. The van der Waals surface area contributed by atoms with E-state index in [4.69, 9.17) is 27.8 Å². The second-order valence-corrected chi connectivity index (χ2v) is 16.7. The number of azo groups is 1. The molecule has 0 aliphatic heterocycles. The molecule has 3 aromatic carbocycles. The molecule has 0 saturated carbocycles. The van der Waals surface area contributed by atoms with Gasteiger partial charge in [-0.1, -0.05) is 50.0 Å². The van der Waals surface area contributed by atoms with Crippen LogP contribution in [0, 0.1) is 11.3 Å². The summed E-state index contributed by atoms with van der Waals surface area (Å²) in [7, 11) is -8.71. The molecule has 16 nitrogen and oxygen atoms in total. The Morgan fingerprint density at radius 1 is 1.00 bits per heavy atom. The van der Waals surface area contributed by atoms with Crippen LogP contribution in [0.3, 0.4) is 0 Å². The first-order valence-corrected chi connectivity index (χ1v) is 19.9. The predicted octanol–water partition coefficient (Wildman–Crippen LogP) is 7.33. The highest BCUT2D eigenvalue weighted by Crippen LogP contribution is 2.40. The number of nitriles is 1. The third kappa shape index (κ3) is 10.4. The number of rotatable bonds is 13. The molecule has 0 saturated heterocycles. The Labute approximate surface area is 322 Å². The fourth-order valence-corrected chi connectivity index (χ4v) is 6.77. The first-order chi connectivity index (χ1) is 25.1. The molecule has 286 valence electrons. The smallest absolute Gasteiger partial charge is 0.294 e. The minimum Gasteiger partial charge on any atom is -0.371 e. The zero-order chi connectivity index (χ0) is 40.2. The van der Waals surface area contributed by atoms with Gasteiger partial charge < -0.3 is 15.5 Å². The summed E-state index contributed by atoms with van der Waals surface area (Å²) in [5.41, 5.74) is 1.02. The monoisotopic (exact) mass is 818 g/mol. The molecule has 2 amide bonds. The lowest BCUT2D eigenvalue weighted by Crippen LogP contribution is -2.26. The summed E-state index contributed by atoms with van der Waals surface area (Å²) >= 11 is 13.4. The Hall–Kier alpha value is -4.90. The van der Waals surface area contributed by atoms with Crippen molar-refractivity contribution in [2.24, 2.45) is 10.2 Å². The van der Waals surface area contributed by atoms with Crippen LogP contribution in [0.1, 0.15) is 62.7 Å². The van der Waals surface area contributed by atoms with Gasteiger partial charge in [0.25, 0.3) is 26.1 Å². The third-order valence-electron chi connectivity index (χ3n) is 7.69. The van der Waals surface area contributed by atoms with Crippen molar-refractivity contribution in [3.8, 4) is 11.8 Å². The minimum atomic E-state index is -4.54. The first kappa shape index (κ1) is 41.9. The van der Waals surface area contributed by atoms with E-state index in [1.165, 1.54) is 48.0 Å². The van der Waals surface area contributed by atoms with E-state index in [0.717, 1.165) is 12.1 Å². The lowest BCUT2D eigenvalue weighted by molar-refractivity contribution is -0.114. The van der Waals surface area contributed by atoms with E-state index in [2.05, 4.69) is 32.0 Å². The van der Waals surface area contributed by atoms with Crippen LogP contribution in [0.15, 0.2) is 69.7 Å². The van der Waals surface area contributed by atoms with E-state index in [1.54, 1.807) is 11.0 Å². The van der Waals surface area contributed by atoms with Crippen molar-refractivity contribution in [3.63, 3.8) is 0 Å². The van der Waals surface area contributed by atoms with Crippen molar-refractivity contribution < 1.29 is 35.5 Å². The number of nitrogens with one attached hydrogen (secondary N) is 2. The molecule has 0 bridgehead atoms. The van der Waals surface area contributed by atoms with Gasteiger partial charge in [0.1, 0.15) is 17.3 Å². The van der Waals surface area contributed by atoms with E-state index in [0.29, 0.717) is 17.9 Å². The molecular weight excluding hydrogens is 783 g/mol. The highest BCUT2D eigenvalue weighted by Gasteiger charge is 2.29. The van der Waals surface area contributed by atoms with Crippen LogP contribution in [-0.2, 0) is 30.4 Å². The second-order valence-electron chi connectivity index (χ2n) is 12.9. The molecule has 0 atom stereocenters. The average Bonchev–Trinajstić information content (AvgIpc) is 3.45. The maximum Gasteiger partial charge on any atom is 0.294 e. The van der Waals surface area contributed by atoms with Crippen LogP contribution in [0.2, 0.25) is 10.0 Å². The average molecular weight is 820 g/mol. The molecule has 20 heteroatoms. The van der Waals surface area contributed by atoms with E-state index in [9.17, 15) is 36.2 Å². The lowest BCUT2D eigenvalue weighted by Gasteiger charge is -2.25. The quantitative estimate of drug-likeness (QED) is 0.0770. The van der Waals surface area contributed by atoms with Gasteiger partial charge in [0, 0.05) is 36.7 Å². The fourth-order valence-electron chi connectivity index (χ4n) is 5.21. The number of benzene rings is 3. The highest BCUT2D eigenvalue weighted by molar-refractivity contribution is 7.86. The topological polar surface area (TPSA) is 237 Å². The first-order valence-electron chi connectivity index (χ1n) is 16.1. The van der Waals surface area contributed by atoms with E-state index in [-0.39, 0.29) is 62.7 Å². The number of halogens is 2. The SMILES string of the molecule is CCN(CCCS(=O)(=O)O)c1cc(NC(C)=O)c(/N=N/c2c(C#N)c(C(C)(C)C)nn2-c2ccc(NC(=O)c3cccc(S(=O)(=O)O)c3)cc2Cl)cc1Cl. The molecule has 4 aromatic rings. The van der Waals surface area contributed by atoms with Gasteiger partial charge in [-0.2, -0.15) is 27.2 Å². The summed E-state index contributed by atoms with van der Waals surface area (Å²) in [6.07, 6.45) is 0.109. The van der Waals surface area contributed by atoms with Crippen LogP contribution in [-0.4, -0.2) is 66.4 Å². The van der Waals surface area contributed by atoms with Gasteiger partial charge in [-0.3, -0.25) is 18.7 Å². The van der Waals surface area contributed by atoms with Gasteiger partial charge in [0.2, 0.25) is 5.91 Å². The largest absolute Gasteiger partial charge is 0.371 e. The molecule has 4 rings (SSSR count). The standard InChI is InChI=1S/C34H36Cl2N8O8S2/c1-6-43(13-8-14-53(47,48)49)30-18-27(38-20(2)45)28(17-26(30)36)40-41-32-24(19-37)31(34(3,4)5)42-44(32)29-12-11-22(16-25(29)35)39-33(46)21-9-7-10-23(15-21)54(50,51)52/h7,9-12,15-18H,6,8,13-14H2,1-5H3,(H,38,45)(H,39,46)(H,47,48,49)(H,50,51,52)/b41-40+. The Morgan fingerprint density at radius 2 is 1.70 bits per heavy atom. The zero-order valence-corrected chi connectivity index (χ0v) is 32.8. The predicted molar refractivity (Wildman–Crippen MR) is 205 cm³/mol. The molecule has 0 unspecified atom stereocenters. The number of carbonyl (C=O) groups is 2. The van der Waals surface area contributed by atoms with Crippen LogP contribution >= 0.6 is 23.2 Å². The zero-order valence-electron chi connectivity index (χ0n) is 29.6. The maximum atomic E-state index is 12.9. The van der Waals surface area contributed by atoms with Gasteiger partial charge in [-0.15, -0.1) is 10.2 Å². The van der Waals surface area contributed by atoms with Gasteiger partial charge in [0.15, 0.2) is 5.82 Å². The summed E-state index contributed by atoms with van der Waals surface area (Å²) in [6.45, 7) is 9.30. The maximum absolute atomic E-state index is 12.9. The number of aromatic nitrogens is 2. The molecule has 0 aliphatic carbocycles. The van der Waals surface area contributed by atoms with Gasteiger partial charge >= 0.3 is 0 Å². The Balaban J connectivity index is 1.77. The third-order valence-corrected chi connectivity index (χ3v) is 9.95. The number of carbonyl (C=O) groups excluding carboxylic acids is 2. The highest BCUT2D eigenvalue weighted by atomic mass is 35.5. The van der Waals surface area contributed by atoms with Crippen LogP contribution in [0.5, 0.6) is 0 Å². The second kappa shape index (κ2) is 16.6. The summed E-state index contributed by atoms with van der Waals surface area (Å²) in [5.74, 6) is -1.58. The number of nitrogens with zero attached hydrogens (tertiary/aromatic N) is 6. The Kier molecular flexibility index (Phi) is 12.9. The molecule has 1 aromatic heterocycles. The summed E-state index contributed by atoms with van der Waals surface area (Å²) in [6, 6.07) is 14.4. The molecule has 0 aliphatic rings. The van der Waals surface area contributed by atoms with Gasteiger partial charge in [-0.25, -0.2) is 4.68 Å². The number of anilines is 3. The van der Waals surface area contributed by atoms with Crippen LogP contribution in [0.25, 0.3) is 5.69 Å². The summed E-state index contributed by atoms with van der Waals surface area (Å²) < 4.78 is 65.4. The van der Waals surface area contributed by atoms with Crippen LogP contribution in [0.4, 0.5) is 28.6 Å². The molecule has 0 radical (unpaired) electrons.